The molecule has 3 rings (SSSR count). The number of carbonyl (C=O) groups excluding carboxylic acids is 1. The number of sulfonamides is 1. The zero-order valence-corrected chi connectivity index (χ0v) is 14.4. The standard InChI is InChI=1S/C16H22N2O4S/c1-10-6-12(22-2)4-5-13(10)16(19)18-9-11-7-14(15(18)8-11)17-23(3,20)21/h4-6,11,14-15,17H,7-9H2,1-3H3. The molecule has 1 aromatic carbocycles. The maximum Gasteiger partial charge on any atom is 0.254 e. The number of aryl methyl sites for hydroxylation is 1. The number of hydrogen-bond donors (Lipinski definition) is 1. The predicted octanol–water partition coefficient (Wildman–Crippen LogP) is 1.16. The molecule has 23 heavy (non-hydrogen) atoms. The van der Waals surface area contributed by atoms with Gasteiger partial charge >= 0.3 is 0 Å². The van der Waals surface area contributed by atoms with Crippen molar-refractivity contribution >= 4 is 15.9 Å². The van der Waals surface area contributed by atoms with E-state index in [0.717, 1.165) is 24.2 Å². The number of carbonyl (C=O) groups is 1. The van der Waals surface area contributed by atoms with E-state index in [-0.39, 0.29) is 18.0 Å². The first-order chi connectivity index (χ1) is 10.8. The third-order valence-electron chi connectivity index (χ3n) is 4.77. The fourth-order valence-electron chi connectivity index (χ4n) is 3.82. The number of nitrogens with one attached hydrogen (secondary N) is 1. The number of ether oxygens (including phenoxy) is 1. The van der Waals surface area contributed by atoms with Crippen LogP contribution in [0.3, 0.4) is 0 Å². The lowest BCUT2D eigenvalue weighted by atomic mass is 10.0. The van der Waals surface area contributed by atoms with Crippen LogP contribution in [0.2, 0.25) is 0 Å². The molecule has 2 fully saturated rings. The van der Waals surface area contributed by atoms with Gasteiger partial charge in [0.1, 0.15) is 5.75 Å². The van der Waals surface area contributed by atoms with Crippen LogP contribution in [0.15, 0.2) is 18.2 Å². The Bertz CT molecular complexity index is 732. The van der Waals surface area contributed by atoms with Crippen LogP contribution >= 0.6 is 0 Å². The lowest BCUT2D eigenvalue weighted by Crippen LogP contribution is -2.51. The summed E-state index contributed by atoms with van der Waals surface area (Å²) in [5, 5.41) is 0. The average Bonchev–Trinajstić information content (AvgIpc) is 3.04. The molecule has 3 atom stereocenters. The van der Waals surface area contributed by atoms with Gasteiger partial charge in [0, 0.05) is 24.2 Å². The predicted molar refractivity (Wildman–Crippen MR) is 87.0 cm³/mol. The summed E-state index contributed by atoms with van der Waals surface area (Å²) in [5.74, 6) is 1.07. The van der Waals surface area contributed by atoms with E-state index in [9.17, 15) is 13.2 Å². The molecule has 1 aliphatic heterocycles. The molecule has 1 aliphatic carbocycles. The van der Waals surface area contributed by atoms with Crippen molar-refractivity contribution in [2.45, 2.75) is 31.8 Å². The van der Waals surface area contributed by atoms with Gasteiger partial charge in [0.25, 0.3) is 5.91 Å². The second kappa shape index (κ2) is 5.79. The molecule has 1 saturated carbocycles. The Labute approximate surface area is 136 Å². The maximum absolute atomic E-state index is 12.9. The van der Waals surface area contributed by atoms with Crippen molar-refractivity contribution in [1.29, 1.82) is 0 Å². The summed E-state index contributed by atoms with van der Waals surface area (Å²) in [7, 11) is -1.67. The van der Waals surface area contributed by atoms with Crippen molar-refractivity contribution in [1.82, 2.24) is 9.62 Å². The van der Waals surface area contributed by atoms with Crippen LogP contribution in [-0.4, -0.2) is 51.2 Å². The largest absolute Gasteiger partial charge is 0.497 e. The molecule has 2 aliphatic rings. The van der Waals surface area contributed by atoms with Gasteiger partial charge in [-0.1, -0.05) is 0 Å². The number of rotatable bonds is 4. The van der Waals surface area contributed by atoms with Crippen LogP contribution in [0.4, 0.5) is 0 Å². The van der Waals surface area contributed by atoms with Crippen LogP contribution in [0, 0.1) is 12.8 Å². The third kappa shape index (κ3) is 3.21. The zero-order chi connectivity index (χ0) is 16.8. The van der Waals surface area contributed by atoms with E-state index < -0.39 is 10.0 Å². The molecular formula is C16H22N2O4S. The SMILES string of the molecule is COc1ccc(C(=O)N2CC3CC(NS(C)(=O)=O)C2C3)c(C)c1. The number of piperidine rings is 1. The van der Waals surface area contributed by atoms with Gasteiger partial charge in [0.05, 0.1) is 13.4 Å². The maximum atomic E-state index is 12.9. The molecule has 1 heterocycles. The quantitative estimate of drug-likeness (QED) is 0.894. The van der Waals surface area contributed by atoms with Gasteiger partial charge < -0.3 is 9.64 Å². The number of nitrogens with zero attached hydrogens (tertiary/aromatic N) is 1. The highest BCUT2D eigenvalue weighted by atomic mass is 32.2. The Morgan fingerprint density at radius 3 is 2.65 bits per heavy atom. The fraction of sp³-hybridized carbons (Fsp3) is 0.562. The van der Waals surface area contributed by atoms with E-state index in [1.54, 1.807) is 19.2 Å². The average molecular weight is 338 g/mol. The molecule has 2 bridgehead atoms. The second-order valence-electron chi connectivity index (χ2n) is 6.54. The minimum absolute atomic E-state index is 0.0299. The van der Waals surface area contributed by atoms with Crippen LogP contribution in [0.5, 0.6) is 5.75 Å². The highest BCUT2D eigenvalue weighted by molar-refractivity contribution is 7.88. The highest BCUT2D eigenvalue weighted by Gasteiger charge is 2.47. The first-order valence-corrected chi connectivity index (χ1v) is 9.60. The van der Waals surface area contributed by atoms with Crippen molar-refractivity contribution in [3.8, 4) is 5.75 Å². The second-order valence-corrected chi connectivity index (χ2v) is 8.32. The van der Waals surface area contributed by atoms with E-state index in [1.165, 1.54) is 6.26 Å². The van der Waals surface area contributed by atoms with E-state index in [0.29, 0.717) is 18.0 Å². The van der Waals surface area contributed by atoms with Gasteiger partial charge in [0.2, 0.25) is 10.0 Å². The summed E-state index contributed by atoms with van der Waals surface area (Å²) in [4.78, 5) is 14.7. The lowest BCUT2D eigenvalue weighted by molar-refractivity contribution is 0.0677. The molecule has 0 radical (unpaired) electrons. The first kappa shape index (κ1) is 16.3. The third-order valence-corrected chi connectivity index (χ3v) is 5.50. The van der Waals surface area contributed by atoms with Gasteiger partial charge in [-0.2, -0.15) is 0 Å². The van der Waals surface area contributed by atoms with Gasteiger partial charge in [0.15, 0.2) is 0 Å². The number of benzene rings is 1. The molecule has 0 aromatic heterocycles. The van der Waals surface area contributed by atoms with E-state index in [1.807, 2.05) is 17.9 Å². The Balaban J connectivity index is 1.81. The molecule has 1 aromatic rings. The van der Waals surface area contributed by atoms with Crippen molar-refractivity contribution in [2.24, 2.45) is 5.92 Å². The Morgan fingerprint density at radius 2 is 2.09 bits per heavy atom. The molecule has 1 saturated heterocycles. The van der Waals surface area contributed by atoms with Crippen LogP contribution in [-0.2, 0) is 10.0 Å². The zero-order valence-electron chi connectivity index (χ0n) is 13.6. The van der Waals surface area contributed by atoms with Crippen molar-refractivity contribution < 1.29 is 17.9 Å². The highest BCUT2D eigenvalue weighted by Crippen LogP contribution is 2.39. The minimum Gasteiger partial charge on any atom is -0.497 e. The lowest BCUT2D eigenvalue weighted by Gasteiger charge is -2.33. The Morgan fingerprint density at radius 1 is 1.35 bits per heavy atom. The summed E-state index contributed by atoms with van der Waals surface area (Å²) in [5.41, 5.74) is 1.52. The fourth-order valence-corrected chi connectivity index (χ4v) is 4.62. The molecular weight excluding hydrogens is 316 g/mol. The Kier molecular flexibility index (Phi) is 4.10. The number of fused-ring (bicyclic) bond motifs is 2. The Hall–Kier alpha value is -1.60. The van der Waals surface area contributed by atoms with Crippen molar-refractivity contribution in [3.63, 3.8) is 0 Å². The van der Waals surface area contributed by atoms with Crippen molar-refractivity contribution in [2.75, 3.05) is 19.9 Å². The molecule has 6 nitrogen and oxygen atoms in total. The van der Waals surface area contributed by atoms with Gasteiger partial charge in [-0.15, -0.1) is 0 Å². The van der Waals surface area contributed by atoms with E-state index in [4.69, 9.17) is 4.74 Å². The van der Waals surface area contributed by atoms with Crippen LogP contribution in [0.1, 0.15) is 28.8 Å². The molecule has 3 unspecified atom stereocenters. The number of amides is 1. The van der Waals surface area contributed by atoms with E-state index in [2.05, 4.69) is 4.72 Å². The molecule has 126 valence electrons. The van der Waals surface area contributed by atoms with Crippen molar-refractivity contribution in [3.05, 3.63) is 29.3 Å². The summed E-state index contributed by atoms with van der Waals surface area (Å²) in [6, 6.07) is 5.17. The normalized spacial score (nSPS) is 26.6. The van der Waals surface area contributed by atoms with Gasteiger partial charge in [-0.05, 0) is 49.4 Å². The molecule has 1 N–H and O–H groups in total. The summed E-state index contributed by atoms with van der Waals surface area (Å²) < 4.78 is 30.9. The topological polar surface area (TPSA) is 75.7 Å². The number of likely N-dealkylation sites (tertiary alicyclic amines) is 1. The minimum atomic E-state index is -3.27. The van der Waals surface area contributed by atoms with E-state index >= 15 is 0 Å². The number of methoxy groups -OCH3 is 1. The molecule has 0 spiro atoms. The van der Waals surface area contributed by atoms with Crippen LogP contribution in [0.25, 0.3) is 0 Å². The summed E-state index contributed by atoms with van der Waals surface area (Å²) in [6.45, 7) is 2.59. The number of hydrogen-bond acceptors (Lipinski definition) is 4. The summed E-state index contributed by atoms with van der Waals surface area (Å²) in [6.07, 6.45) is 2.84. The summed E-state index contributed by atoms with van der Waals surface area (Å²) >= 11 is 0. The smallest absolute Gasteiger partial charge is 0.254 e. The molecule has 1 amide bonds. The van der Waals surface area contributed by atoms with Crippen LogP contribution < -0.4 is 9.46 Å². The first-order valence-electron chi connectivity index (χ1n) is 7.71. The van der Waals surface area contributed by atoms with Gasteiger partial charge in [-0.25, -0.2) is 13.1 Å². The monoisotopic (exact) mass is 338 g/mol. The van der Waals surface area contributed by atoms with Gasteiger partial charge in [-0.3, -0.25) is 4.79 Å². The molecule has 7 heteroatoms.